The Balaban J connectivity index is 2.56. The molecule has 5 heteroatoms. The zero-order valence-electron chi connectivity index (χ0n) is 9.97. The Morgan fingerprint density at radius 3 is 2.78 bits per heavy atom. The number of rotatable bonds is 5. The molecule has 1 N–H and O–H groups in total. The predicted octanol–water partition coefficient (Wildman–Crippen LogP) is 2.40. The standard InChI is InChI=1S/C13H14BrNO3/c1-15(8-7-13(17)18)12(16)6-5-10-3-2-4-11(14)9-10/h2-6,9H,7-8H2,1H3,(H,17,18). The summed E-state index contributed by atoms with van der Waals surface area (Å²) in [7, 11) is 1.58. The van der Waals surface area contributed by atoms with Gasteiger partial charge in [-0.15, -0.1) is 0 Å². The molecule has 0 aliphatic carbocycles. The number of hydrogen-bond acceptors (Lipinski definition) is 2. The topological polar surface area (TPSA) is 57.6 Å². The van der Waals surface area contributed by atoms with E-state index in [-0.39, 0.29) is 18.9 Å². The van der Waals surface area contributed by atoms with E-state index in [2.05, 4.69) is 15.9 Å². The zero-order valence-corrected chi connectivity index (χ0v) is 11.6. The third-order valence-corrected chi connectivity index (χ3v) is 2.80. The molecular weight excluding hydrogens is 298 g/mol. The van der Waals surface area contributed by atoms with E-state index >= 15 is 0 Å². The molecule has 1 amide bonds. The van der Waals surface area contributed by atoms with Gasteiger partial charge < -0.3 is 10.0 Å². The Kier molecular flexibility index (Phi) is 5.58. The van der Waals surface area contributed by atoms with E-state index in [1.165, 1.54) is 11.0 Å². The van der Waals surface area contributed by atoms with Crippen molar-refractivity contribution in [2.75, 3.05) is 13.6 Å². The smallest absolute Gasteiger partial charge is 0.305 e. The molecule has 4 nitrogen and oxygen atoms in total. The van der Waals surface area contributed by atoms with Gasteiger partial charge in [-0.3, -0.25) is 9.59 Å². The number of hydrogen-bond donors (Lipinski definition) is 1. The molecule has 0 saturated heterocycles. The molecule has 1 rings (SSSR count). The maximum atomic E-state index is 11.6. The van der Waals surface area contributed by atoms with E-state index in [0.717, 1.165) is 10.0 Å². The molecule has 0 radical (unpaired) electrons. The molecule has 0 aromatic heterocycles. The van der Waals surface area contributed by atoms with Crippen LogP contribution in [-0.2, 0) is 9.59 Å². The lowest BCUT2D eigenvalue weighted by atomic mass is 10.2. The van der Waals surface area contributed by atoms with Gasteiger partial charge in [0.1, 0.15) is 0 Å². The maximum Gasteiger partial charge on any atom is 0.305 e. The average molecular weight is 312 g/mol. The van der Waals surface area contributed by atoms with E-state index in [9.17, 15) is 9.59 Å². The Hall–Kier alpha value is -1.62. The number of carbonyl (C=O) groups excluding carboxylic acids is 1. The van der Waals surface area contributed by atoms with Crippen LogP contribution in [0, 0.1) is 0 Å². The van der Waals surface area contributed by atoms with Crippen molar-refractivity contribution in [2.45, 2.75) is 6.42 Å². The van der Waals surface area contributed by atoms with Gasteiger partial charge in [0.2, 0.25) is 5.91 Å². The van der Waals surface area contributed by atoms with Gasteiger partial charge in [0.25, 0.3) is 0 Å². The fraction of sp³-hybridized carbons (Fsp3) is 0.231. The molecule has 0 fully saturated rings. The first kappa shape index (κ1) is 14.4. The number of nitrogens with zero attached hydrogens (tertiary/aromatic N) is 1. The average Bonchev–Trinajstić information content (AvgIpc) is 2.33. The van der Waals surface area contributed by atoms with Gasteiger partial charge in [0.15, 0.2) is 0 Å². The Labute approximate surface area is 114 Å². The van der Waals surface area contributed by atoms with Gasteiger partial charge in [-0.05, 0) is 23.8 Å². The highest BCUT2D eigenvalue weighted by molar-refractivity contribution is 9.10. The van der Waals surface area contributed by atoms with Gasteiger partial charge in [-0.25, -0.2) is 0 Å². The minimum absolute atomic E-state index is 0.0486. The summed E-state index contributed by atoms with van der Waals surface area (Å²) < 4.78 is 0.941. The van der Waals surface area contributed by atoms with Gasteiger partial charge in [-0.1, -0.05) is 28.1 Å². The van der Waals surface area contributed by atoms with Crippen molar-refractivity contribution in [2.24, 2.45) is 0 Å². The fourth-order valence-corrected chi connectivity index (χ4v) is 1.70. The van der Waals surface area contributed by atoms with E-state index in [4.69, 9.17) is 5.11 Å². The predicted molar refractivity (Wildman–Crippen MR) is 73.1 cm³/mol. The second-order valence-corrected chi connectivity index (χ2v) is 4.71. The van der Waals surface area contributed by atoms with Crippen molar-refractivity contribution < 1.29 is 14.7 Å². The summed E-state index contributed by atoms with van der Waals surface area (Å²) in [6.07, 6.45) is 3.08. The first-order valence-electron chi connectivity index (χ1n) is 5.39. The molecule has 0 bridgehead atoms. The maximum absolute atomic E-state index is 11.6. The van der Waals surface area contributed by atoms with Crippen molar-refractivity contribution >= 4 is 33.9 Å². The van der Waals surface area contributed by atoms with Crippen LogP contribution in [0.5, 0.6) is 0 Å². The molecule has 18 heavy (non-hydrogen) atoms. The van der Waals surface area contributed by atoms with Crippen LogP contribution >= 0.6 is 15.9 Å². The molecule has 1 aromatic rings. The molecule has 0 unspecified atom stereocenters. The molecule has 0 atom stereocenters. The lowest BCUT2D eigenvalue weighted by Gasteiger charge is -2.13. The summed E-state index contributed by atoms with van der Waals surface area (Å²) in [5.41, 5.74) is 0.907. The normalized spacial score (nSPS) is 10.6. The number of carbonyl (C=O) groups is 2. The summed E-state index contributed by atoms with van der Waals surface area (Å²) in [5.74, 6) is -1.12. The molecule has 0 heterocycles. The minimum atomic E-state index is -0.911. The number of likely N-dealkylation sites (N-methyl/N-ethyl adjacent to an activating group) is 1. The van der Waals surface area contributed by atoms with Gasteiger partial charge in [-0.2, -0.15) is 0 Å². The number of amides is 1. The zero-order chi connectivity index (χ0) is 13.5. The lowest BCUT2D eigenvalue weighted by molar-refractivity contribution is -0.137. The van der Waals surface area contributed by atoms with Crippen LogP contribution in [-0.4, -0.2) is 35.5 Å². The second kappa shape index (κ2) is 6.96. The summed E-state index contributed by atoms with van der Waals surface area (Å²) in [6.45, 7) is 0.205. The number of carboxylic acids is 1. The van der Waals surface area contributed by atoms with Crippen molar-refractivity contribution in [3.8, 4) is 0 Å². The van der Waals surface area contributed by atoms with Crippen LogP contribution in [0.15, 0.2) is 34.8 Å². The highest BCUT2D eigenvalue weighted by Crippen LogP contribution is 2.12. The Morgan fingerprint density at radius 1 is 1.44 bits per heavy atom. The van der Waals surface area contributed by atoms with Crippen molar-refractivity contribution in [3.63, 3.8) is 0 Å². The highest BCUT2D eigenvalue weighted by atomic mass is 79.9. The number of benzene rings is 1. The summed E-state index contributed by atoms with van der Waals surface area (Å²) in [6, 6.07) is 7.55. The molecule has 96 valence electrons. The largest absolute Gasteiger partial charge is 0.481 e. The number of carboxylic acid groups (broad SMARTS) is 1. The van der Waals surface area contributed by atoms with Gasteiger partial charge >= 0.3 is 5.97 Å². The summed E-state index contributed by atoms with van der Waals surface area (Å²) in [5, 5.41) is 8.52. The van der Waals surface area contributed by atoms with Crippen LogP contribution in [0.4, 0.5) is 0 Å². The molecular formula is C13H14BrNO3. The molecule has 0 aliphatic heterocycles. The van der Waals surface area contributed by atoms with Gasteiger partial charge in [0, 0.05) is 24.1 Å². The van der Waals surface area contributed by atoms with E-state index < -0.39 is 5.97 Å². The SMILES string of the molecule is CN(CCC(=O)O)C(=O)C=Cc1cccc(Br)c1. The molecule has 0 aliphatic rings. The van der Waals surface area contributed by atoms with Crippen molar-refractivity contribution in [3.05, 3.63) is 40.4 Å². The Bertz CT molecular complexity index is 471. The third-order valence-electron chi connectivity index (χ3n) is 2.30. The number of halogens is 1. The molecule has 0 saturated carbocycles. The van der Waals surface area contributed by atoms with Crippen LogP contribution in [0.2, 0.25) is 0 Å². The van der Waals surface area contributed by atoms with Crippen LogP contribution < -0.4 is 0 Å². The lowest BCUT2D eigenvalue weighted by Crippen LogP contribution is -2.27. The van der Waals surface area contributed by atoms with Crippen LogP contribution in [0.3, 0.4) is 0 Å². The summed E-state index contributed by atoms with van der Waals surface area (Å²) in [4.78, 5) is 23.4. The van der Waals surface area contributed by atoms with Crippen LogP contribution in [0.25, 0.3) is 6.08 Å². The van der Waals surface area contributed by atoms with E-state index in [0.29, 0.717) is 0 Å². The van der Waals surface area contributed by atoms with E-state index in [1.807, 2.05) is 24.3 Å². The van der Waals surface area contributed by atoms with Gasteiger partial charge in [0.05, 0.1) is 6.42 Å². The van der Waals surface area contributed by atoms with Crippen molar-refractivity contribution in [1.82, 2.24) is 4.90 Å². The first-order valence-corrected chi connectivity index (χ1v) is 6.19. The monoisotopic (exact) mass is 311 g/mol. The fourth-order valence-electron chi connectivity index (χ4n) is 1.28. The Morgan fingerprint density at radius 2 is 2.17 bits per heavy atom. The third kappa shape index (κ3) is 5.14. The van der Waals surface area contributed by atoms with E-state index in [1.54, 1.807) is 13.1 Å². The summed E-state index contributed by atoms with van der Waals surface area (Å²) >= 11 is 3.34. The molecule has 0 spiro atoms. The minimum Gasteiger partial charge on any atom is -0.481 e. The van der Waals surface area contributed by atoms with Crippen molar-refractivity contribution in [1.29, 1.82) is 0 Å². The highest BCUT2D eigenvalue weighted by Gasteiger charge is 2.06. The molecule has 1 aromatic carbocycles. The first-order chi connectivity index (χ1) is 8.49. The van der Waals surface area contributed by atoms with Crippen LogP contribution in [0.1, 0.15) is 12.0 Å². The quantitative estimate of drug-likeness (QED) is 0.849. The number of aliphatic carboxylic acids is 1. The second-order valence-electron chi connectivity index (χ2n) is 3.79.